The number of sulfonamides is 1. The maximum Gasteiger partial charge on any atom is 0.211 e. The predicted molar refractivity (Wildman–Crippen MR) is 105 cm³/mol. The Balaban J connectivity index is 2.16. The Bertz CT molecular complexity index is 623. The highest BCUT2D eigenvalue weighted by atomic mass is 32.2. The van der Waals surface area contributed by atoms with Crippen molar-refractivity contribution < 1.29 is 8.42 Å². The largest absolute Gasteiger partial charge is 0.378 e. The van der Waals surface area contributed by atoms with Gasteiger partial charge in [0.15, 0.2) is 0 Å². The van der Waals surface area contributed by atoms with Crippen LogP contribution >= 0.6 is 0 Å². The summed E-state index contributed by atoms with van der Waals surface area (Å²) < 4.78 is 27.0. The third kappa shape index (κ3) is 5.95. The van der Waals surface area contributed by atoms with E-state index in [4.69, 9.17) is 0 Å². The van der Waals surface area contributed by atoms with Gasteiger partial charge in [-0.15, -0.1) is 0 Å². The van der Waals surface area contributed by atoms with Gasteiger partial charge in [0.2, 0.25) is 10.0 Å². The predicted octanol–water partition coefficient (Wildman–Crippen LogP) is 1.37. The van der Waals surface area contributed by atoms with Crippen molar-refractivity contribution in [2.45, 2.75) is 19.4 Å². The van der Waals surface area contributed by atoms with Crippen LogP contribution in [0.4, 0.5) is 5.69 Å². The third-order valence-corrected chi connectivity index (χ3v) is 6.29. The minimum Gasteiger partial charge on any atom is -0.378 e. The molecule has 25 heavy (non-hydrogen) atoms. The van der Waals surface area contributed by atoms with E-state index in [2.05, 4.69) is 50.7 Å². The maximum absolute atomic E-state index is 12.1. The number of benzene rings is 1. The van der Waals surface area contributed by atoms with Crippen molar-refractivity contribution in [1.82, 2.24) is 14.5 Å². The smallest absolute Gasteiger partial charge is 0.211 e. The Morgan fingerprint density at radius 3 is 2.24 bits per heavy atom. The van der Waals surface area contributed by atoms with E-state index in [1.165, 1.54) is 0 Å². The van der Waals surface area contributed by atoms with Crippen LogP contribution in [0, 0.1) is 0 Å². The lowest BCUT2D eigenvalue weighted by Crippen LogP contribution is -2.48. The van der Waals surface area contributed by atoms with Gasteiger partial charge in [0.1, 0.15) is 0 Å². The molecule has 0 aromatic heterocycles. The normalized spacial score (nSPS) is 18.2. The first kappa shape index (κ1) is 20.2. The molecule has 0 amide bonds. The molecule has 1 saturated heterocycles. The molecule has 6 nitrogen and oxygen atoms in total. The average molecular weight is 369 g/mol. The fourth-order valence-electron chi connectivity index (χ4n) is 3.13. The fourth-order valence-corrected chi connectivity index (χ4v) is 4.23. The minimum atomic E-state index is -3.20. The highest BCUT2D eigenvalue weighted by Gasteiger charge is 2.25. The van der Waals surface area contributed by atoms with Crippen LogP contribution in [0.1, 0.15) is 24.9 Å². The third-order valence-electron chi connectivity index (χ3n) is 4.74. The first-order chi connectivity index (χ1) is 11.8. The highest BCUT2D eigenvalue weighted by molar-refractivity contribution is 7.89. The SMILES string of the molecule is CCCS(=O)(=O)NC[C@@H](c1ccc(N(C)C)cc1)N1CCN(C)CC1. The average Bonchev–Trinajstić information content (AvgIpc) is 2.57. The Kier molecular flexibility index (Phi) is 7.25. The highest BCUT2D eigenvalue weighted by Crippen LogP contribution is 2.24. The van der Waals surface area contributed by atoms with Gasteiger partial charge in [-0.3, -0.25) is 4.90 Å². The summed E-state index contributed by atoms with van der Waals surface area (Å²) in [6, 6.07) is 8.49. The monoisotopic (exact) mass is 368 g/mol. The molecule has 1 aliphatic rings. The van der Waals surface area contributed by atoms with Gasteiger partial charge >= 0.3 is 0 Å². The molecule has 7 heteroatoms. The Labute approximate surface area is 152 Å². The second-order valence-corrected chi connectivity index (χ2v) is 8.93. The number of rotatable bonds is 8. The lowest BCUT2D eigenvalue weighted by Gasteiger charge is -2.38. The van der Waals surface area contributed by atoms with Gasteiger partial charge in [0.05, 0.1) is 5.75 Å². The van der Waals surface area contributed by atoms with Crippen molar-refractivity contribution in [2.24, 2.45) is 0 Å². The van der Waals surface area contributed by atoms with Gasteiger partial charge in [-0.1, -0.05) is 19.1 Å². The van der Waals surface area contributed by atoms with Crippen LogP contribution in [-0.2, 0) is 10.0 Å². The molecule has 1 fully saturated rings. The summed E-state index contributed by atoms with van der Waals surface area (Å²) in [6.45, 7) is 6.23. The number of piperazine rings is 1. The molecule has 0 spiro atoms. The van der Waals surface area contributed by atoms with Gasteiger partial charge in [0.25, 0.3) is 0 Å². The zero-order valence-electron chi connectivity index (χ0n) is 15.9. The Morgan fingerprint density at radius 1 is 1.12 bits per heavy atom. The molecule has 1 atom stereocenters. The van der Waals surface area contributed by atoms with Crippen LogP contribution in [0.5, 0.6) is 0 Å². The van der Waals surface area contributed by atoms with Gasteiger partial charge < -0.3 is 9.80 Å². The molecule has 1 N–H and O–H groups in total. The Morgan fingerprint density at radius 2 is 1.72 bits per heavy atom. The first-order valence-corrected chi connectivity index (χ1v) is 10.6. The lowest BCUT2D eigenvalue weighted by molar-refractivity contribution is 0.113. The Hall–Kier alpha value is -1.15. The number of nitrogens with zero attached hydrogens (tertiary/aromatic N) is 3. The molecular weight excluding hydrogens is 336 g/mol. The summed E-state index contributed by atoms with van der Waals surface area (Å²) >= 11 is 0. The lowest BCUT2D eigenvalue weighted by atomic mass is 10.0. The quantitative estimate of drug-likeness (QED) is 0.751. The summed E-state index contributed by atoms with van der Waals surface area (Å²) in [5.41, 5.74) is 2.31. The molecule has 2 rings (SSSR count). The van der Waals surface area contributed by atoms with Crippen molar-refractivity contribution >= 4 is 15.7 Å². The zero-order valence-corrected chi connectivity index (χ0v) is 16.7. The van der Waals surface area contributed by atoms with Gasteiger partial charge in [-0.05, 0) is 31.2 Å². The number of likely N-dealkylation sites (N-methyl/N-ethyl adjacent to an activating group) is 1. The van der Waals surface area contributed by atoms with Crippen LogP contribution in [0.3, 0.4) is 0 Å². The number of hydrogen-bond acceptors (Lipinski definition) is 5. The molecule has 1 aromatic rings. The molecule has 0 saturated carbocycles. The fraction of sp³-hybridized carbons (Fsp3) is 0.667. The van der Waals surface area contributed by atoms with Crippen LogP contribution in [0.25, 0.3) is 0 Å². The van der Waals surface area contributed by atoms with E-state index in [-0.39, 0.29) is 11.8 Å². The molecule has 1 aromatic carbocycles. The van der Waals surface area contributed by atoms with Crippen LogP contribution in [0.2, 0.25) is 0 Å². The van der Waals surface area contributed by atoms with E-state index in [1.54, 1.807) is 0 Å². The van der Waals surface area contributed by atoms with E-state index in [0.29, 0.717) is 13.0 Å². The van der Waals surface area contributed by atoms with Crippen LogP contribution < -0.4 is 9.62 Å². The van der Waals surface area contributed by atoms with Gasteiger partial charge in [0, 0.05) is 58.5 Å². The molecule has 1 heterocycles. The van der Waals surface area contributed by atoms with Crippen molar-refractivity contribution in [3.8, 4) is 0 Å². The van der Waals surface area contributed by atoms with Crippen LogP contribution in [-0.4, -0.2) is 77.8 Å². The van der Waals surface area contributed by atoms with E-state index in [9.17, 15) is 8.42 Å². The van der Waals surface area contributed by atoms with Crippen molar-refractivity contribution in [3.63, 3.8) is 0 Å². The summed E-state index contributed by atoms with van der Waals surface area (Å²) in [5, 5.41) is 0. The standard InChI is InChI=1S/C18H32N4O2S/c1-5-14-25(23,24)19-15-18(22-12-10-21(4)11-13-22)16-6-8-17(9-7-16)20(2)3/h6-9,18-19H,5,10-15H2,1-4H3/t18-/m0/s1. The number of nitrogens with one attached hydrogen (secondary N) is 1. The maximum atomic E-state index is 12.1. The summed E-state index contributed by atoms with van der Waals surface area (Å²) in [6.07, 6.45) is 0.631. The molecule has 0 bridgehead atoms. The second kappa shape index (κ2) is 8.98. The van der Waals surface area contributed by atoms with Crippen molar-refractivity contribution in [2.75, 3.05) is 64.5 Å². The first-order valence-electron chi connectivity index (χ1n) is 8.99. The summed E-state index contributed by atoms with van der Waals surface area (Å²) in [7, 11) is 2.97. The second-order valence-electron chi connectivity index (χ2n) is 7.01. The van der Waals surface area contributed by atoms with E-state index in [1.807, 2.05) is 21.0 Å². The zero-order chi connectivity index (χ0) is 18.4. The van der Waals surface area contributed by atoms with Crippen molar-refractivity contribution in [1.29, 1.82) is 0 Å². The van der Waals surface area contributed by atoms with E-state index >= 15 is 0 Å². The van der Waals surface area contributed by atoms with Gasteiger partial charge in [-0.25, -0.2) is 13.1 Å². The number of anilines is 1. The summed E-state index contributed by atoms with van der Waals surface area (Å²) in [5.74, 6) is 0.183. The molecule has 0 unspecified atom stereocenters. The summed E-state index contributed by atoms with van der Waals surface area (Å²) in [4.78, 5) is 6.77. The molecule has 0 radical (unpaired) electrons. The number of hydrogen-bond donors (Lipinski definition) is 1. The molecular formula is C18H32N4O2S. The van der Waals surface area contributed by atoms with Crippen molar-refractivity contribution in [3.05, 3.63) is 29.8 Å². The van der Waals surface area contributed by atoms with E-state index in [0.717, 1.165) is 37.4 Å². The topological polar surface area (TPSA) is 55.9 Å². The molecule has 1 aliphatic heterocycles. The van der Waals surface area contributed by atoms with Crippen LogP contribution in [0.15, 0.2) is 24.3 Å². The molecule has 142 valence electrons. The minimum absolute atomic E-state index is 0.0662. The van der Waals surface area contributed by atoms with Gasteiger partial charge in [-0.2, -0.15) is 0 Å². The van der Waals surface area contributed by atoms with E-state index < -0.39 is 10.0 Å². The molecule has 0 aliphatic carbocycles.